The second-order valence-corrected chi connectivity index (χ2v) is 5.61. The van der Waals surface area contributed by atoms with Crippen LogP contribution < -0.4 is 20.1 Å². The van der Waals surface area contributed by atoms with Crippen LogP contribution in [0, 0.1) is 0 Å². The number of fused-ring (bicyclic) bond motifs is 1. The second-order valence-electron chi connectivity index (χ2n) is 5.61. The molecule has 0 spiro atoms. The van der Waals surface area contributed by atoms with Gasteiger partial charge in [0.2, 0.25) is 0 Å². The highest BCUT2D eigenvalue weighted by atomic mass is 16.6. The molecule has 3 rings (SSSR count). The van der Waals surface area contributed by atoms with Crippen LogP contribution in [0.5, 0.6) is 11.5 Å². The van der Waals surface area contributed by atoms with Crippen molar-refractivity contribution < 1.29 is 23.8 Å². The van der Waals surface area contributed by atoms with Crippen LogP contribution in [0.15, 0.2) is 42.5 Å². The first-order valence-corrected chi connectivity index (χ1v) is 8.26. The summed E-state index contributed by atoms with van der Waals surface area (Å²) in [6, 6.07) is 11.8. The van der Waals surface area contributed by atoms with Crippen molar-refractivity contribution in [1.29, 1.82) is 0 Å². The van der Waals surface area contributed by atoms with Crippen molar-refractivity contribution in [2.24, 2.45) is 0 Å². The summed E-state index contributed by atoms with van der Waals surface area (Å²) in [5.74, 6) is 0.541. The number of carbonyl (C=O) groups excluding carboxylic acids is 2. The van der Waals surface area contributed by atoms with E-state index in [-0.39, 0.29) is 11.8 Å². The van der Waals surface area contributed by atoms with Gasteiger partial charge in [-0.15, -0.1) is 0 Å². The molecule has 7 nitrogen and oxygen atoms in total. The first kappa shape index (κ1) is 17.8. The van der Waals surface area contributed by atoms with E-state index in [1.54, 1.807) is 49.6 Å². The summed E-state index contributed by atoms with van der Waals surface area (Å²) in [4.78, 5) is 24.9. The Kier molecular flexibility index (Phi) is 5.70. The van der Waals surface area contributed by atoms with Crippen molar-refractivity contribution in [3.63, 3.8) is 0 Å². The van der Waals surface area contributed by atoms with Crippen LogP contribution in [0.3, 0.4) is 0 Å². The Hall–Kier alpha value is -3.06. The zero-order chi connectivity index (χ0) is 18.4. The van der Waals surface area contributed by atoms with Crippen molar-refractivity contribution >= 4 is 17.5 Å². The third-order valence-electron chi connectivity index (χ3n) is 3.82. The van der Waals surface area contributed by atoms with Gasteiger partial charge in [0.25, 0.3) is 11.8 Å². The van der Waals surface area contributed by atoms with Gasteiger partial charge in [-0.1, -0.05) is 12.1 Å². The number of hydrogen-bond donors (Lipinski definition) is 2. The number of para-hydroxylation sites is 1. The number of hydrogen-bond acceptors (Lipinski definition) is 5. The Morgan fingerprint density at radius 1 is 1.04 bits per heavy atom. The van der Waals surface area contributed by atoms with Crippen molar-refractivity contribution in [3.05, 3.63) is 53.6 Å². The quantitative estimate of drug-likeness (QED) is 0.774. The van der Waals surface area contributed by atoms with E-state index in [2.05, 4.69) is 10.6 Å². The largest absolute Gasteiger partial charge is 0.486 e. The number of amides is 2. The lowest BCUT2D eigenvalue weighted by Crippen LogP contribution is -2.28. The molecule has 7 heteroatoms. The number of anilines is 1. The molecule has 0 saturated carbocycles. The highest BCUT2D eigenvalue weighted by Gasteiger charge is 2.17. The molecule has 2 N–H and O–H groups in total. The molecule has 1 aliphatic heterocycles. The van der Waals surface area contributed by atoms with E-state index in [1.807, 2.05) is 0 Å². The maximum atomic E-state index is 12.6. The number of nitrogens with one attached hydrogen (secondary N) is 2. The Bertz CT molecular complexity index is 806. The van der Waals surface area contributed by atoms with Gasteiger partial charge in [0, 0.05) is 19.2 Å². The first-order valence-electron chi connectivity index (χ1n) is 8.26. The fourth-order valence-electron chi connectivity index (χ4n) is 2.53. The van der Waals surface area contributed by atoms with Crippen LogP contribution >= 0.6 is 0 Å². The number of ether oxygens (including phenoxy) is 3. The predicted octanol–water partition coefficient (Wildman–Crippen LogP) is 2.09. The molecular weight excluding hydrogens is 336 g/mol. The zero-order valence-electron chi connectivity index (χ0n) is 14.4. The normalized spacial score (nSPS) is 12.3. The van der Waals surface area contributed by atoms with Crippen molar-refractivity contribution in [3.8, 4) is 11.5 Å². The predicted molar refractivity (Wildman–Crippen MR) is 96.0 cm³/mol. The molecule has 1 aliphatic rings. The summed E-state index contributed by atoms with van der Waals surface area (Å²) in [6.07, 6.45) is 0. The minimum atomic E-state index is -0.334. The topological polar surface area (TPSA) is 85.9 Å². The molecule has 0 fully saturated rings. The summed E-state index contributed by atoms with van der Waals surface area (Å²) in [7, 11) is 1.56. The standard InChI is InChI=1S/C19H20N2O5/c1-24-9-8-20-19(23)14-4-2-3-5-15(14)21-18(22)13-6-7-16-17(12-13)26-11-10-25-16/h2-7,12H,8-11H2,1H3,(H,20,23)(H,21,22). The van der Waals surface area contributed by atoms with E-state index in [0.717, 1.165) is 0 Å². The van der Waals surface area contributed by atoms with Gasteiger partial charge in [0.05, 0.1) is 17.9 Å². The van der Waals surface area contributed by atoms with Gasteiger partial charge in [-0.2, -0.15) is 0 Å². The van der Waals surface area contributed by atoms with Gasteiger partial charge in [0.1, 0.15) is 13.2 Å². The van der Waals surface area contributed by atoms with Crippen molar-refractivity contribution in [2.45, 2.75) is 0 Å². The summed E-state index contributed by atoms with van der Waals surface area (Å²) < 4.78 is 15.9. The van der Waals surface area contributed by atoms with Gasteiger partial charge < -0.3 is 24.8 Å². The van der Waals surface area contributed by atoms with E-state index in [4.69, 9.17) is 14.2 Å². The average Bonchev–Trinajstić information content (AvgIpc) is 2.68. The molecule has 0 unspecified atom stereocenters. The summed E-state index contributed by atoms with van der Waals surface area (Å²) in [5, 5.41) is 5.52. The Balaban J connectivity index is 1.74. The van der Waals surface area contributed by atoms with Crippen LogP contribution in [-0.4, -0.2) is 45.3 Å². The molecule has 0 aromatic heterocycles. The SMILES string of the molecule is COCCNC(=O)c1ccccc1NC(=O)c1ccc2c(c1)OCCO2. The van der Waals surface area contributed by atoms with Crippen LogP contribution in [0.1, 0.15) is 20.7 Å². The van der Waals surface area contributed by atoms with Gasteiger partial charge in [-0.05, 0) is 30.3 Å². The Morgan fingerprint density at radius 2 is 1.81 bits per heavy atom. The van der Waals surface area contributed by atoms with Gasteiger partial charge in [0.15, 0.2) is 11.5 Å². The third kappa shape index (κ3) is 4.12. The fraction of sp³-hybridized carbons (Fsp3) is 0.263. The van der Waals surface area contributed by atoms with E-state index >= 15 is 0 Å². The first-order chi connectivity index (χ1) is 12.7. The molecule has 2 aromatic carbocycles. The molecule has 0 saturated heterocycles. The molecule has 0 aliphatic carbocycles. The lowest BCUT2D eigenvalue weighted by Gasteiger charge is -2.19. The molecule has 0 atom stereocenters. The van der Waals surface area contributed by atoms with Crippen molar-refractivity contribution in [2.75, 3.05) is 38.8 Å². The average molecular weight is 356 g/mol. The molecule has 0 bridgehead atoms. The molecule has 2 amide bonds. The third-order valence-corrected chi connectivity index (χ3v) is 3.82. The van der Waals surface area contributed by atoms with Crippen LogP contribution in [0.2, 0.25) is 0 Å². The number of benzene rings is 2. The smallest absolute Gasteiger partial charge is 0.255 e. The lowest BCUT2D eigenvalue weighted by molar-refractivity contribution is 0.0938. The Labute approximate surface area is 151 Å². The van der Waals surface area contributed by atoms with E-state index < -0.39 is 0 Å². The van der Waals surface area contributed by atoms with Gasteiger partial charge >= 0.3 is 0 Å². The maximum Gasteiger partial charge on any atom is 0.255 e. The van der Waals surface area contributed by atoms with E-state index in [9.17, 15) is 9.59 Å². The number of methoxy groups -OCH3 is 1. The maximum absolute atomic E-state index is 12.6. The summed E-state index contributed by atoms with van der Waals surface area (Å²) in [5.41, 5.74) is 1.24. The molecular formula is C19H20N2O5. The summed E-state index contributed by atoms with van der Waals surface area (Å²) in [6.45, 7) is 1.74. The molecule has 26 heavy (non-hydrogen) atoms. The monoisotopic (exact) mass is 356 g/mol. The summed E-state index contributed by atoms with van der Waals surface area (Å²) >= 11 is 0. The molecule has 1 heterocycles. The minimum Gasteiger partial charge on any atom is -0.486 e. The molecule has 0 radical (unpaired) electrons. The zero-order valence-corrected chi connectivity index (χ0v) is 14.4. The van der Waals surface area contributed by atoms with Crippen LogP contribution in [-0.2, 0) is 4.74 Å². The minimum absolute atomic E-state index is 0.278. The van der Waals surface area contributed by atoms with Crippen LogP contribution in [0.25, 0.3) is 0 Å². The Morgan fingerprint density at radius 3 is 2.62 bits per heavy atom. The number of carbonyl (C=O) groups is 2. The van der Waals surface area contributed by atoms with Crippen LogP contribution in [0.4, 0.5) is 5.69 Å². The van der Waals surface area contributed by atoms with Gasteiger partial charge in [-0.3, -0.25) is 9.59 Å². The van der Waals surface area contributed by atoms with Crippen molar-refractivity contribution in [1.82, 2.24) is 5.32 Å². The lowest BCUT2D eigenvalue weighted by atomic mass is 10.1. The molecule has 2 aromatic rings. The van der Waals surface area contributed by atoms with E-state index in [1.165, 1.54) is 0 Å². The highest BCUT2D eigenvalue weighted by molar-refractivity contribution is 6.09. The van der Waals surface area contributed by atoms with E-state index in [0.29, 0.717) is 54.7 Å². The van der Waals surface area contributed by atoms with Gasteiger partial charge in [-0.25, -0.2) is 0 Å². The second kappa shape index (κ2) is 8.35. The molecule has 136 valence electrons. The highest BCUT2D eigenvalue weighted by Crippen LogP contribution is 2.31. The fourth-order valence-corrected chi connectivity index (χ4v) is 2.53. The number of rotatable bonds is 6.